The van der Waals surface area contributed by atoms with Crippen LogP contribution in [0.15, 0.2) is 23.3 Å². The van der Waals surface area contributed by atoms with Crippen LogP contribution in [-0.4, -0.2) is 24.8 Å². The van der Waals surface area contributed by atoms with E-state index in [2.05, 4.69) is 26.0 Å². The predicted octanol–water partition coefficient (Wildman–Crippen LogP) is 4.43. The van der Waals surface area contributed by atoms with Crippen LogP contribution in [0.2, 0.25) is 0 Å². The number of Topliss-reactive ketones (excluding diaryl/α,β-unsaturated/α-hetero) is 1. The Morgan fingerprint density at radius 3 is 2.72 bits per heavy atom. The molecule has 0 bridgehead atoms. The van der Waals surface area contributed by atoms with Crippen molar-refractivity contribution in [3.63, 3.8) is 0 Å². The first-order valence-corrected chi connectivity index (χ1v) is 10.1. The van der Waals surface area contributed by atoms with Crippen molar-refractivity contribution in [3.8, 4) is 0 Å². The van der Waals surface area contributed by atoms with Gasteiger partial charge in [-0.25, -0.2) is 0 Å². The molecular weight excluding hydrogens is 312 g/mol. The van der Waals surface area contributed by atoms with Gasteiger partial charge in [0.2, 0.25) is 0 Å². The van der Waals surface area contributed by atoms with E-state index < -0.39 is 0 Å². The number of ether oxygens (including phenoxy) is 2. The Morgan fingerprint density at radius 2 is 1.92 bits per heavy atom. The van der Waals surface area contributed by atoms with Gasteiger partial charge in [0.05, 0.1) is 6.10 Å². The maximum atomic E-state index is 12.6. The second-order valence-electron chi connectivity index (χ2n) is 9.42. The molecule has 25 heavy (non-hydrogen) atoms. The largest absolute Gasteiger partial charge is 0.349 e. The zero-order valence-corrected chi connectivity index (χ0v) is 15.7. The maximum absolute atomic E-state index is 12.6. The van der Waals surface area contributed by atoms with Gasteiger partial charge >= 0.3 is 0 Å². The first-order chi connectivity index (χ1) is 12.0. The molecule has 1 saturated heterocycles. The van der Waals surface area contributed by atoms with Gasteiger partial charge in [-0.3, -0.25) is 4.79 Å². The van der Waals surface area contributed by atoms with E-state index in [4.69, 9.17) is 9.47 Å². The van der Waals surface area contributed by atoms with E-state index in [-0.39, 0.29) is 23.0 Å². The SMILES string of the molecule is C/C=C1/C(=O)C[C@H]2[C@@H]3CC=C4[C@H]5OCO[C@H]5CC[C@]4(C)[C@H]3CC[C@]12C. The minimum atomic E-state index is 0.110. The number of carbonyl (C=O) groups excluding carboxylic acids is 1. The van der Waals surface area contributed by atoms with Crippen molar-refractivity contribution in [1.82, 2.24) is 0 Å². The van der Waals surface area contributed by atoms with E-state index in [0.717, 1.165) is 24.8 Å². The third kappa shape index (κ3) is 1.97. The van der Waals surface area contributed by atoms with E-state index >= 15 is 0 Å². The fourth-order valence-corrected chi connectivity index (χ4v) is 7.40. The Labute approximate surface area is 150 Å². The van der Waals surface area contributed by atoms with Gasteiger partial charge in [-0.15, -0.1) is 0 Å². The molecule has 0 amide bonds. The van der Waals surface area contributed by atoms with Crippen molar-refractivity contribution < 1.29 is 14.3 Å². The first kappa shape index (κ1) is 16.3. The predicted molar refractivity (Wildman–Crippen MR) is 95.8 cm³/mol. The number of carbonyl (C=O) groups is 1. The number of hydrogen-bond donors (Lipinski definition) is 0. The quantitative estimate of drug-likeness (QED) is 0.483. The normalized spacial score (nSPS) is 53.1. The van der Waals surface area contributed by atoms with Crippen LogP contribution < -0.4 is 0 Å². The van der Waals surface area contributed by atoms with Crippen molar-refractivity contribution >= 4 is 5.78 Å². The molecule has 0 unspecified atom stereocenters. The third-order valence-corrected chi connectivity index (χ3v) is 8.65. The molecule has 3 saturated carbocycles. The lowest BCUT2D eigenvalue weighted by Gasteiger charge is -2.57. The van der Waals surface area contributed by atoms with Gasteiger partial charge in [0.1, 0.15) is 12.9 Å². The summed E-state index contributed by atoms with van der Waals surface area (Å²) in [5.41, 5.74) is 2.98. The number of rotatable bonds is 0. The molecule has 0 aromatic carbocycles. The monoisotopic (exact) mass is 342 g/mol. The molecule has 136 valence electrons. The maximum Gasteiger partial charge on any atom is 0.159 e. The van der Waals surface area contributed by atoms with Crippen molar-refractivity contribution in [1.29, 1.82) is 0 Å². The van der Waals surface area contributed by atoms with Crippen LogP contribution in [0.5, 0.6) is 0 Å². The smallest absolute Gasteiger partial charge is 0.159 e. The summed E-state index contributed by atoms with van der Waals surface area (Å²) in [6, 6.07) is 0. The highest BCUT2D eigenvalue weighted by molar-refractivity contribution is 5.99. The van der Waals surface area contributed by atoms with Crippen LogP contribution in [0.4, 0.5) is 0 Å². The van der Waals surface area contributed by atoms with Crippen LogP contribution in [-0.2, 0) is 14.3 Å². The number of ketones is 1. The van der Waals surface area contributed by atoms with Crippen LogP contribution in [0, 0.1) is 28.6 Å². The molecule has 3 nitrogen and oxygen atoms in total. The molecule has 0 radical (unpaired) electrons. The summed E-state index contributed by atoms with van der Waals surface area (Å²) in [7, 11) is 0. The summed E-state index contributed by atoms with van der Waals surface area (Å²) in [4.78, 5) is 12.6. The van der Waals surface area contributed by atoms with Gasteiger partial charge in [0, 0.05) is 6.42 Å². The van der Waals surface area contributed by atoms with Gasteiger partial charge < -0.3 is 9.47 Å². The van der Waals surface area contributed by atoms with Gasteiger partial charge in [-0.05, 0) is 78.8 Å². The molecule has 5 aliphatic rings. The minimum absolute atomic E-state index is 0.110. The van der Waals surface area contributed by atoms with Crippen LogP contribution >= 0.6 is 0 Å². The lowest BCUT2D eigenvalue weighted by molar-refractivity contribution is -0.115. The zero-order chi connectivity index (χ0) is 17.4. The summed E-state index contributed by atoms with van der Waals surface area (Å²) in [5.74, 6) is 2.28. The lowest BCUT2D eigenvalue weighted by atomic mass is 9.47. The molecule has 3 heteroatoms. The molecule has 0 aromatic heterocycles. The molecule has 0 spiro atoms. The molecule has 1 aliphatic heterocycles. The van der Waals surface area contributed by atoms with Gasteiger partial charge in [0.25, 0.3) is 0 Å². The Kier molecular flexibility index (Phi) is 3.44. The highest BCUT2D eigenvalue weighted by Gasteiger charge is 2.60. The van der Waals surface area contributed by atoms with E-state index in [1.165, 1.54) is 24.8 Å². The third-order valence-electron chi connectivity index (χ3n) is 8.65. The molecular formula is C22H30O3. The minimum Gasteiger partial charge on any atom is -0.349 e. The molecule has 4 fully saturated rings. The highest BCUT2D eigenvalue weighted by atomic mass is 16.7. The summed E-state index contributed by atoms with van der Waals surface area (Å²) < 4.78 is 11.8. The Bertz CT molecular complexity index is 677. The second kappa shape index (κ2) is 5.29. The van der Waals surface area contributed by atoms with E-state index in [9.17, 15) is 4.79 Å². The van der Waals surface area contributed by atoms with Gasteiger partial charge in [-0.2, -0.15) is 0 Å². The lowest BCUT2D eigenvalue weighted by Crippen LogP contribution is -2.52. The highest BCUT2D eigenvalue weighted by Crippen LogP contribution is 2.65. The summed E-state index contributed by atoms with van der Waals surface area (Å²) in [6.07, 6.45) is 11.7. The van der Waals surface area contributed by atoms with Gasteiger partial charge in [0.15, 0.2) is 5.78 Å². The van der Waals surface area contributed by atoms with Crippen LogP contribution in [0.1, 0.15) is 59.3 Å². The van der Waals surface area contributed by atoms with Crippen LogP contribution in [0.25, 0.3) is 0 Å². The number of fused-ring (bicyclic) bond motifs is 7. The van der Waals surface area contributed by atoms with Crippen molar-refractivity contribution in [3.05, 3.63) is 23.3 Å². The summed E-state index contributed by atoms with van der Waals surface area (Å²) in [6.45, 7) is 7.34. The fraction of sp³-hybridized carbons (Fsp3) is 0.773. The van der Waals surface area contributed by atoms with Gasteiger partial charge in [-0.1, -0.05) is 26.0 Å². The standard InChI is InChI=1S/C22H30O3/c1-4-14-18(23)11-17-13-5-6-16-20-19(24-12-25-20)8-10-22(16,3)15(13)7-9-21(14,17)2/h4,6,13,15,17,19-20H,5,7-12H2,1-3H3/b14-4-/t13-,15+,17+,19+,20-,21-,22-/m1/s1. The molecule has 7 atom stereocenters. The number of allylic oxidation sites excluding steroid dienone is 3. The molecule has 0 N–H and O–H groups in total. The van der Waals surface area contributed by atoms with E-state index in [0.29, 0.717) is 30.3 Å². The molecule has 4 aliphatic carbocycles. The molecule has 5 rings (SSSR count). The van der Waals surface area contributed by atoms with Crippen molar-refractivity contribution in [2.75, 3.05) is 6.79 Å². The summed E-state index contributed by atoms with van der Waals surface area (Å²) in [5, 5.41) is 0. The Morgan fingerprint density at radius 1 is 1.12 bits per heavy atom. The second-order valence-corrected chi connectivity index (χ2v) is 9.42. The van der Waals surface area contributed by atoms with E-state index in [1.54, 1.807) is 0 Å². The first-order valence-electron chi connectivity index (χ1n) is 10.1. The Balaban J connectivity index is 1.53. The average Bonchev–Trinajstić information content (AvgIpc) is 3.15. The molecule has 0 aromatic rings. The van der Waals surface area contributed by atoms with Crippen LogP contribution in [0.3, 0.4) is 0 Å². The Hall–Kier alpha value is -0.930. The van der Waals surface area contributed by atoms with E-state index in [1.807, 2.05) is 6.92 Å². The van der Waals surface area contributed by atoms with Crippen molar-refractivity contribution in [2.45, 2.75) is 71.5 Å². The van der Waals surface area contributed by atoms with Crippen molar-refractivity contribution in [2.24, 2.45) is 28.6 Å². The molecule has 1 heterocycles. The summed E-state index contributed by atoms with van der Waals surface area (Å²) >= 11 is 0. The topological polar surface area (TPSA) is 35.5 Å². The average molecular weight is 342 g/mol. The number of hydrogen-bond acceptors (Lipinski definition) is 3. The zero-order valence-electron chi connectivity index (χ0n) is 15.7. The fourth-order valence-electron chi connectivity index (χ4n) is 7.40.